The monoisotopic (exact) mass is 118 g/mol. The van der Waals surface area contributed by atoms with Gasteiger partial charge in [0.1, 0.15) is 0 Å². The van der Waals surface area contributed by atoms with Crippen LogP contribution in [0.25, 0.3) is 0 Å². The second-order valence-corrected chi connectivity index (χ2v) is 1.64. The van der Waals surface area contributed by atoms with Crippen molar-refractivity contribution in [2.75, 3.05) is 13.2 Å². The summed E-state index contributed by atoms with van der Waals surface area (Å²) in [4.78, 5) is 9.01. The van der Waals surface area contributed by atoms with Gasteiger partial charge in [0, 0.05) is 6.54 Å². The summed E-state index contributed by atoms with van der Waals surface area (Å²) in [5.41, 5.74) is 5.20. The van der Waals surface area contributed by atoms with Gasteiger partial charge in [-0.25, -0.2) is 10.3 Å². The summed E-state index contributed by atoms with van der Waals surface area (Å²) in [5, 5.41) is 0. The zero-order valence-corrected chi connectivity index (χ0v) is 4.64. The van der Waals surface area contributed by atoms with Crippen molar-refractivity contribution >= 4 is 0 Å². The molecule has 0 aliphatic carbocycles. The maximum atomic E-state index is 4.60. The minimum absolute atomic E-state index is 0.675. The number of hydrogen-bond donors (Lipinski definition) is 2. The lowest BCUT2D eigenvalue weighted by Crippen LogP contribution is -2.34. The lowest BCUT2D eigenvalue weighted by Gasteiger charge is -2.09. The number of hydrogen-bond acceptors (Lipinski definition) is 4. The molecule has 0 aromatic rings. The van der Waals surface area contributed by atoms with Gasteiger partial charge < -0.3 is 0 Å². The van der Waals surface area contributed by atoms with Crippen molar-refractivity contribution in [1.29, 1.82) is 0 Å². The van der Waals surface area contributed by atoms with E-state index >= 15 is 0 Å². The van der Waals surface area contributed by atoms with Gasteiger partial charge in [-0.1, -0.05) is 0 Å². The molecule has 1 heterocycles. The molecular formula is C4H10N2O2. The zero-order chi connectivity index (χ0) is 5.66. The van der Waals surface area contributed by atoms with Crippen LogP contribution in [0.15, 0.2) is 0 Å². The van der Waals surface area contributed by atoms with E-state index in [1.54, 1.807) is 0 Å². The van der Waals surface area contributed by atoms with Crippen LogP contribution < -0.4 is 11.0 Å². The zero-order valence-electron chi connectivity index (χ0n) is 4.64. The van der Waals surface area contributed by atoms with Crippen molar-refractivity contribution in [2.24, 2.45) is 0 Å². The van der Waals surface area contributed by atoms with Gasteiger partial charge in [0.25, 0.3) is 0 Å². The highest BCUT2D eigenvalue weighted by molar-refractivity contribution is 4.40. The number of hydrazine groups is 1. The topological polar surface area (TPSA) is 42.5 Å². The Bertz CT molecular complexity index is 36.0. The Morgan fingerprint density at radius 3 is 3.25 bits per heavy atom. The minimum Gasteiger partial charge on any atom is -0.232 e. The molecule has 2 N–H and O–H groups in total. The molecule has 1 saturated heterocycles. The van der Waals surface area contributed by atoms with Crippen LogP contribution in [-0.4, -0.2) is 13.2 Å². The minimum atomic E-state index is 0.675. The SMILES string of the molecule is C1CCOONNC1. The van der Waals surface area contributed by atoms with Crippen LogP contribution in [0.2, 0.25) is 0 Å². The Balaban J connectivity index is 2.00. The molecule has 0 unspecified atom stereocenters. The Morgan fingerprint density at radius 2 is 2.25 bits per heavy atom. The molecule has 1 rings (SSSR count). The summed E-state index contributed by atoms with van der Waals surface area (Å²) in [6, 6.07) is 0. The highest BCUT2D eigenvalue weighted by atomic mass is 17.3. The van der Waals surface area contributed by atoms with Gasteiger partial charge in [0.05, 0.1) is 6.61 Å². The fourth-order valence-corrected chi connectivity index (χ4v) is 0.526. The van der Waals surface area contributed by atoms with E-state index in [0.717, 1.165) is 19.4 Å². The lowest BCUT2D eigenvalue weighted by atomic mass is 10.3. The first-order valence-corrected chi connectivity index (χ1v) is 2.76. The van der Waals surface area contributed by atoms with Crippen LogP contribution in [-0.2, 0) is 9.88 Å². The molecule has 0 bridgehead atoms. The number of rotatable bonds is 0. The van der Waals surface area contributed by atoms with Crippen molar-refractivity contribution in [3.05, 3.63) is 0 Å². The molecule has 0 aromatic heterocycles. The molecule has 4 heteroatoms. The third-order valence-corrected chi connectivity index (χ3v) is 0.952. The first-order chi connectivity index (χ1) is 4.00. The average Bonchev–Trinajstić information content (AvgIpc) is 1.62. The van der Waals surface area contributed by atoms with E-state index in [2.05, 4.69) is 20.9 Å². The molecule has 0 aromatic carbocycles. The van der Waals surface area contributed by atoms with E-state index in [0.29, 0.717) is 6.61 Å². The maximum Gasteiger partial charge on any atom is 0.0843 e. The van der Waals surface area contributed by atoms with Crippen LogP contribution in [0.1, 0.15) is 12.8 Å². The molecule has 0 amide bonds. The molecule has 48 valence electrons. The van der Waals surface area contributed by atoms with Gasteiger partial charge >= 0.3 is 0 Å². The third kappa shape index (κ3) is 2.23. The fraction of sp³-hybridized carbons (Fsp3) is 1.00. The highest BCUT2D eigenvalue weighted by Gasteiger charge is 1.93. The molecule has 8 heavy (non-hydrogen) atoms. The van der Waals surface area contributed by atoms with Gasteiger partial charge in [-0.15, -0.1) is 10.6 Å². The number of nitrogens with one attached hydrogen (secondary N) is 2. The molecule has 1 aliphatic heterocycles. The van der Waals surface area contributed by atoms with Crippen molar-refractivity contribution in [1.82, 2.24) is 11.0 Å². The van der Waals surface area contributed by atoms with E-state index in [1.165, 1.54) is 0 Å². The molecule has 0 saturated carbocycles. The Hall–Kier alpha value is -0.160. The standard InChI is InChI=1S/C4H10N2O2/c1-2-4-7-8-6-5-3-1/h5-6H,1-4H2. The van der Waals surface area contributed by atoms with Crippen LogP contribution in [0, 0.1) is 0 Å². The smallest absolute Gasteiger partial charge is 0.0843 e. The summed E-state index contributed by atoms with van der Waals surface area (Å²) in [5.74, 6) is 0. The summed E-state index contributed by atoms with van der Waals surface area (Å²) in [6.45, 7) is 1.61. The highest BCUT2D eigenvalue weighted by Crippen LogP contribution is 1.89. The van der Waals surface area contributed by atoms with Gasteiger partial charge in [-0.05, 0) is 12.8 Å². The molecule has 1 fully saturated rings. The summed E-state index contributed by atoms with van der Waals surface area (Å²) < 4.78 is 0. The first-order valence-electron chi connectivity index (χ1n) is 2.76. The first kappa shape index (κ1) is 5.97. The van der Waals surface area contributed by atoms with Crippen molar-refractivity contribution < 1.29 is 9.88 Å². The van der Waals surface area contributed by atoms with Gasteiger partial charge in [-0.3, -0.25) is 0 Å². The van der Waals surface area contributed by atoms with Crippen LogP contribution in [0.5, 0.6) is 0 Å². The van der Waals surface area contributed by atoms with Crippen molar-refractivity contribution in [3.8, 4) is 0 Å². The second-order valence-electron chi connectivity index (χ2n) is 1.64. The second kappa shape index (κ2) is 3.80. The lowest BCUT2D eigenvalue weighted by molar-refractivity contribution is -0.349. The van der Waals surface area contributed by atoms with Gasteiger partial charge in [-0.2, -0.15) is 0 Å². The quantitative estimate of drug-likeness (QED) is 0.430. The molecular weight excluding hydrogens is 108 g/mol. The van der Waals surface area contributed by atoms with Crippen LogP contribution >= 0.6 is 0 Å². The predicted octanol–water partition coefficient (Wildman–Crippen LogP) is -0.262. The van der Waals surface area contributed by atoms with Gasteiger partial charge in [0.15, 0.2) is 0 Å². The van der Waals surface area contributed by atoms with Crippen LogP contribution in [0.4, 0.5) is 0 Å². The van der Waals surface area contributed by atoms with E-state index in [9.17, 15) is 0 Å². The van der Waals surface area contributed by atoms with Crippen LogP contribution in [0.3, 0.4) is 0 Å². The van der Waals surface area contributed by atoms with E-state index in [4.69, 9.17) is 0 Å². The molecule has 0 radical (unpaired) electrons. The Kier molecular flexibility index (Phi) is 2.83. The Morgan fingerprint density at radius 1 is 1.25 bits per heavy atom. The van der Waals surface area contributed by atoms with Crippen molar-refractivity contribution in [2.45, 2.75) is 12.8 Å². The third-order valence-electron chi connectivity index (χ3n) is 0.952. The average molecular weight is 118 g/mol. The largest absolute Gasteiger partial charge is 0.232 e. The molecule has 0 atom stereocenters. The molecule has 0 spiro atoms. The van der Waals surface area contributed by atoms with E-state index in [-0.39, 0.29) is 0 Å². The van der Waals surface area contributed by atoms with Gasteiger partial charge in [0.2, 0.25) is 0 Å². The van der Waals surface area contributed by atoms with E-state index in [1.807, 2.05) is 0 Å². The maximum absolute atomic E-state index is 4.60. The van der Waals surface area contributed by atoms with Crippen molar-refractivity contribution in [3.63, 3.8) is 0 Å². The fourth-order valence-electron chi connectivity index (χ4n) is 0.526. The summed E-state index contributed by atoms with van der Waals surface area (Å²) >= 11 is 0. The molecule has 1 aliphatic rings. The normalized spacial score (nSPS) is 24.0. The Labute approximate surface area is 48.0 Å². The predicted molar refractivity (Wildman–Crippen MR) is 27.4 cm³/mol. The van der Waals surface area contributed by atoms with E-state index < -0.39 is 0 Å². The molecule has 4 nitrogen and oxygen atoms in total. The summed E-state index contributed by atoms with van der Waals surface area (Å²) in [6.07, 6.45) is 2.17. The summed E-state index contributed by atoms with van der Waals surface area (Å²) in [7, 11) is 0.